The molecule has 66 valence electrons. The molecule has 12 heavy (non-hydrogen) atoms. The SMILES string of the molecule is Cc1cccc(CCC(C)N)n1. The molecule has 0 saturated heterocycles. The average Bonchev–Trinajstić information content (AvgIpc) is 2.01. The Morgan fingerprint density at radius 1 is 1.50 bits per heavy atom. The molecule has 0 aliphatic carbocycles. The summed E-state index contributed by atoms with van der Waals surface area (Å²) < 4.78 is 0. The predicted octanol–water partition coefficient (Wildman–Crippen LogP) is 1.67. The molecule has 0 aromatic carbocycles. The summed E-state index contributed by atoms with van der Waals surface area (Å²) in [5.74, 6) is 0. The van der Waals surface area contributed by atoms with E-state index in [2.05, 4.69) is 11.1 Å². The third kappa shape index (κ3) is 3.01. The highest BCUT2D eigenvalue weighted by molar-refractivity contribution is 5.09. The van der Waals surface area contributed by atoms with Crippen LogP contribution in [0.3, 0.4) is 0 Å². The van der Waals surface area contributed by atoms with Crippen molar-refractivity contribution in [2.45, 2.75) is 32.7 Å². The molecule has 0 aliphatic rings. The van der Waals surface area contributed by atoms with E-state index in [1.807, 2.05) is 26.0 Å². The van der Waals surface area contributed by atoms with E-state index in [0.29, 0.717) is 0 Å². The Morgan fingerprint density at radius 2 is 2.25 bits per heavy atom. The van der Waals surface area contributed by atoms with E-state index in [0.717, 1.165) is 24.2 Å². The average molecular weight is 164 g/mol. The molecular formula is C10H16N2. The van der Waals surface area contributed by atoms with Gasteiger partial charge in [0.25, 0.3) is 0 Å². The van der Waals surface area contributed by atoms with Crippen LogP contribution in [0.1, 0.15) is 24.7 Å². The van der Waals surface area contributed by atoms with E-state index in [-0.39, 0.29) is 6.04 Å². The molecule has 1 heterocycles. The minimum Gasteiger partial charge on any atom is -0.328 e. The number of rotatable bonds is 3. The minimum atomic E-state index is 0.271. The Bertz CT molecular complexity index is 243. The van der Waals surface area contributed by atoms with Crippen molar-refractivity contribution < 1.29 is 0 Å². The summed E-state index contributed by atoms with van der Waals surface area (Å²) >= 11 is 0. The summed E-state index contributed by atoms with van der Waals surface area (Å²) in [5.41, 5.74) is 7.88. The van der Waals surface area contributed by atoms with Crippen LogP contribution >= 0.6 is 0 Å². The molecule has 1 atom stereocenters. The van der Waals surface area contributed by atoms with E-state index >= 15 is 0 Å². The van der Waals surface area contributed by atoms with Gasteiger partial charge in [0.15, 0.2) is 0 Å². The Hall–Kier alpha value is -0.890. The molecule has 1 aromatic heterocycles. The van der Waals surface area contributed by atoms with E-state index < -0.39 is 0 Å². The highest BCUT2D eigenvalue weighted by Gasteiger charge is 1.97. The van der Waals surface area contributed by atoms with Crippen molar-refractivity contribution in [3.63, 3.8) is 0 Å². The number of nitrogens with two attached hydrogens (primary N) is 1. The Balaban J connectivity index is 2.52. The lowest BCUT2D eigenvalue weighted by Gasteiger charge is -2.04. The van der Waals surface area contributed by atoms with Crippen LogP contribution in [0, 0.1) is 6.92 Å². The molecule has 0 saturated carbocycles. The smallest absolute Gasteiger partial charge is 0.0407 e. The van der Waals surface area contributed by atoms with Crippen molar-refractivity contribution in [2.75, 3.05) is 0 Å². The molecule has 0 radical (unpaired) electrons. The topological polar surface area (TPSA) is 38.9 Å². The molecule has 0 fully saturated rings. The summed E-state index contributed by atoms with van der Waals surface area (Å²) in [7, 11) is 0. The fourth-order valence-electron chi connectivity index (χ4n) is 1.11. The van der Waals surface area contributed by atoms with Crippen LogP contribution in [-0.2, 0) is 6.42 Å². The van der Waals surface area contributed by atoms with Gasteiger partial charge < -0.3 is 5.73 Å². The number of aryl methyl sites for hydroxylation is 2. The molecule has 2 nitrogen and oxygen atoms in total. The molecule has 0 aliphatic heterocycles. The maximum Gasteiger partial charge on any atom is 0.0407 e. The van der Waals surface area contributed by atoms with Gasteiger partial charge in [-0.15, -0.1) is 0 Å². The number of aromatic nitrogens is 1. The normalized spacial score (nSPS) is 12.9. The fraction of sp³-hybridized carbons (Fsp3) is 0.500. The Kier molecular flexibility index (Phi) is 3.23. The number of nitrogens with zero attached hydrogens (tertiary/aromatic N) is 1. The zero-order valence-electron chi connectivity index (χ0n) is 7.75. The monoisotopic (exact) mass is 164 g/mol. The van der Waals surface area contributed by atoms with Crippen LogP contribution in [0.25, 0.3) is 0 Å². The minimum absolute atomic E-state index is 0.271. The highest BCUT2D eigenvalue weighted by atomic mass is 14.7. The van der Waals surface area contributed by atoms with Gasteiger partial charge in [0, 0.05) is 17.4 Å². The molecule has 0 amide bonds. The first-order chi connectivity index (χ1) is 5.68. The number of pyridine rings is 1. The largest absolute Gasteiger partial charge is 0.328 e. The molecule has 1 rings (SSSR count). The Labute approximate surface area is 73.8 Å². The van der Waals surface area contributed by atoms with Gasteiger partial charge in [0.1, 0.15) is 0 Å². The van der Waals surface area contributed by atoms with Crippen molar-refractivity contribution in [1.82, 2.24) is 4.98 Å². The fourth-order valence-corrected chi connectivity index (χ4v) is 1.11. The zero-order chi connectivity index (χ0) is 8.97. The second-order valence-electron chi connectivity index (χ2n) is 3.29. The van der Waals surface area contributed by atoms with E-state index in [4.69, 9.17) is 5.73 Å². The van der Waals surface area contributed by atoms with Gasteiger partial charge in [-0.3, -0.25) is 4.98 Å². The van der Waals surface area contributed by atoms with Crippen molar-refractivity contribution in [3.8, 4) is 0 Å². The lowest BCUT2D eigenvalue weighted by atomic mass is 10.1. The Morgan fingerprint density at radius 3 is 2.83 bits per heavy atom. The van der Waals surface area contributed by atoms with Crippen LogP contribution in [0.5, 0.6) is 0 Å². The van der Waals surface area contributed by atoms with Gasteiger partial charge in [-0.1, -0.05) is 6.07 Å². The van der Waals surface area contributed by atoms with Gasteiger partial charge in [0.05, 0.1) is 0 Å². The van der Waals surface area contributed by atoms with Crippen LogP contribution in [0.4, 0.5) is 0 Å². The predicted molar refractivity (Wildman–Crippen MR) is 50.9 cm³/mol. The first-order valence-electron chi connectivity index (χ1n) is 4.36. The van der Waals surface area contributed by atoms with E-state index in [1.165, 1.54) is 0 Å². The summed E-state index contributed by atoms with van der Waals surface area (Å²) in [6, 6.07) is 6.37. The second-order valence-corrected chi connectivity index (χ2v) is 3.29. The van der Waals surface area contributed by atoms with Crippen LogP contribution in [0.2, 0.25) is 0 Å². The summed E-state index contributed by atoms with van der Waals surface area (Å²) in [6.45, 7) is 4.03. The third-order valence-corrected chi connectivity index (χ3v) is 1.80. The van der Waals surface area contributed by atoms with Crippen LogP contribution in [0.15, 0.2) is 18.2 Å². The van der Waals surface area contributed by atoms with E-state index in [9.17, 15) is 0 Å². The first kappa shape index (κ1) is 9.20. The van der Waals surface area contributed by atoms with Gasteiger partial charge in [-0.25, -0.2) is 0 Å². The van der Waals surface area contributed by atoms with Crippen molar-refractivity contribution in [3.05, 3.63) is 29.6 Å². The van der Waals surface area contributed by atoms with Gasteiger partial charge in [0.2, 0.25) is 0 Å². The highest BCUT2D eigenvalue weighted by Crippen LogP contribution is 2.02. The van der Waals surface area contributed by atoms with Crippen LogP contribution in [-0.4, -0.2) is 11.0 Å². The molecule has 2 heteroatoms. The second kappa shape index (κ2) is 4.21. The van der Waals surface area contributed by atoms with Gasteiger partial charge >= 0.3 is 0 Å². The number of hydrogen-bond acceptors (Lipinski definition) is 2. The molecule has 0 spiro atoms. The summed E-state index contributed by atoms with van der Waals surface area (Å²) in [6.07, 6.45) is 2.00. The van der Waals surface area contributed by atoms with Crippen LogP contribution < -0.4 is 5.73 Å². The summed E-state index contributed by atoms with van der Waals surface area (Å²) in [5, 5.41) is 0. The number of hydrogen-bond donors (Lipinski definition) is 1. The maximum absolute atomic E-state index is 5.65. The van der Waals surface area contributed by atoms with E-state index in [1.54, 1.807) is 0 Å². The zero-order valence-corrected chi connectivity index (χ0v) is 7.75. The van der Waals surface area contributed by atoms with Gasteiger partial charge in [-0.2, -0.15) is 0 Å². The third-order valence-electron chi connectivity index (χ3n) is 1.80. The standard InChI is InChI=1S/C10H16N2/c1-8(11)6-7-10-5-3-4-9(2)12-10/h3-5,8H,6-7,11H2,1-2H3. The first-order valence-corrected chi connectivity index (χ1v) is 4.36. The van der Waals surface area contributed by atoms with Crippen molar-refractivity contribution in [2.24, 2.45) is 5.73 Å². The molecule has 0 bridgehead atoms. The van der Waals surface area contributed by atoms with Gasteiger partial charge in [-0.05, 0) is 38.8 Å². The summed E-state index contributed by atoms with van der Waals surface area (Å²) in [4.78, 5) is 4.39. The molecule has 1 unspecified atom stereocenters. The molecule has 1 aromatic rings. The maximum atomic E-state index is 5.65. The quantitative estimate of drug-likeness (QED) is 0.738. The lowest BCUT2D eigenvalue weighted by molar-refractivity contribution is 0.657. The van der Waals surface area contributed by atoms with Crippen molar-refractivity contribution >= 4 is 0 Å². The lowest BCUT2D eigenvalue weighted by Crippen LogP contribution is -2.15. The van der Waals surface area contributed by atoms with Crippen molar-refractivity contribution in [1.29, 1.82) is 0 Å². The molecule has 2 N–H and O–H groups in total. The molecular weight excluding hydrogens is 148 g/mol.